The highest BCUT2D eigenvalue weighted by Gasteiger charge is 2.33. The van der Waals surface area contributed by atoms with Crippen molar-refractivity contribution in [3.05, 3.63) is 64.4 Å². The standard InChI is InChI=1S/C23H25ClF4N4O3/c24-19-6-5-15(11-18(19)23(26,27)28)30-21(34)14-32-9-7-31(8-10-32)13-16(33)12-29-22(35)17-3-1-2-4-20(17)25/h1-6,11,16,33H,7-10,12-14H2,(H,29,35)(H,30,34). The van der Waals surface area contributed by atoms with Crippen LogP contribution in [-0.2, 0) is 11.0 Å². The van der Waals surface area contributed by atoms with Gasteiger partial charge in [0.1, 0.15) is 5.82 Å². The van der Waals surface area contributed by atoms with E-state index in [1.54, 1.807) is 6.07 Å². The normalized spacial score (nSPS) is 16.1. The number of aliphatic hydroxyl groups excluding tert-OH is 1. The highest BCUT2D eigenvalue weighted by Crippen LogP contribution is 2.36. The van der Waals surface area contributed by atoms with Gasteiger partial charge in [-0.2, -0.15) is 13.2 Å². The average molecular weight is 517 g/mol. The first kappa shape index (κ1) is 26.9. The van der Waals surface area contributed by atoms with E-state index in [0.29, 0.717) is 26.2 Å². The number of anilines is 1. The van der Waals surface area contributed by atoms with E-state index in [0.717, 1.165) is 12.1 Å². The first-order chi connectivity index (χ1) is 16.5. The van der Waals surface area contributed by atoms with E-state index in [1.807, 2.05) is 9.80 Å². The SMILES string of the molecule is O=C(CN1CCN(CC(O)CNC(=O)c2ccccc2F)CC1)Nc1ccc(Cl)c(C(F)(F)F)c1. The summed E-state index contributed by atoms with van der Waals surface area (Å²) in [5, 5.41) is 14.7. The molecule has 3 rings (SSSR count). The molecule has 1 aliphatic heterocycles. The molecule has 1 saturated heterocycles. The van der Waals surface area contributed by atoms with Crippen molar-refractivity contribution in [3.63, 3.8) is 0 Å². The number of amides is 2. The van der Waals surface area contributed by atoms with Crippen LogP contribution in [0.3, 0.4) is 0 Å². The van der Waals surface area contributed by atoms with Gasteiger partial charge in [-0.05, 0) is 30.3 Å². The molecule has 0 aromatic heterocycles. The largest absolute Gasteiger partial charge is 0.417 e. The molecule has 1 heterocycles. The van der Waals surface area contributed by atoms with Crippen molar-refractivity contribution in [1.82, 2.24) is 15.1 Å². The number of aliphatic hydroxyl groups is 1. The van der Waals surface area contributed by atoms with Crippen LogP contribution in [0, 0.1) is 5.82 Å². The Morgan fingerprint density at radius 3 is 2.37 bits per heavy atom. The predicted octanol–water partition coefficient (Wildman–Crippen LogP) is 2.84. The lowest BCUT2D eigenvalue weighted by molar-refractivity contribution is -0.137. The van der Waals surface area contributed by atoms with Gasteiger partial charge in [0.25, 0.3) is 5.91 Å². The number of rotatable bonds is 8. The number of carbonyl (C=O) groups excluding carboxylic acids is 2. The summed E-state index contributed by atoms with van der Waals surface area (Å²) < 4.78 is 52.6. The fourth-order valence-electron chi connectivity index (χ4n) is 3.67. The van der Waals surface area contributed by atoms with Crippen molar-refractivity contribution in [3.8, 4) is 0 Å². The summed E-state index contributed by atoms with van der Waals surface area (Å²) in [6.45, 7) is 2.35. The lowest BCUT2D eigenvalue weighted by atomic mass is 10.2. The maximum Gasteiger partial charge on any atom is 0.417 e. The Balaban J connectivity index is 1.39. The molecular formula is C23H25ClF4N4O3. The molecule has 1 atom stereocenters. The monoisotopic (exact) mass is 516 g/mol. The summed E-state index contributed by atoms with van der Waals surface area (Å²) in [5.74, 6) is -1.71. The van der Waals surface area contributed by atoms with E-state index in [4.69, 9.17) is 11.6 Å². The Kier molecular flexibility index (Phi) is 9.06. The number of nitrogens with zero attached hydrogens (tertiary/aromatic N) is 2. The van der Waals surface area contributed by atoms with Crippen LogP contribution in [-0.4, -0.2) is 78.6 Å². The van der Waals surface area contributed by atoms with Crippen molar-refractivity contribution in [2.75, 3.05) is 51.1 Å². The lowest BCUT2D eigenvalue weighted by Gasteiger charge is -2.35. The number of benzene rings is 2. The minimum Gasteiger partial charge on any atom is -0.390 e. The van der Waals surface area contributed by atoms with Crippen molar-refractivity contribution in [2.24, 2.45) is 0 Å². The molecule has 1 fully saturated rings. The van der Waals surface area contributed by atoms with Crippen molar-refractivity contribution in [1.29, 1.82) is 0 Å². The fraction of sp³-hybridized carbons (Fsp3) is 0.391. The van der Waals surface area contributed by atoms with Crippen molar-refractivity contribution >= 4 is 29.1 Å². The Morgan fingerprint density at radius 1 is 1.06 bits per heavy atom. The van der Waals surface area contributed by atoms with Gasteiger partial charge in [-0.1, -0.05) is 23.7 Å². The van der Waals surface area contributed by atoms with Crippen molar-refractivity contribution in [2.45, 2.75) is 12.3 Å². The second kappa shape index (κ2) is 11.8. The zero-order chi connectivity index (χ0) is 25.6. The topological polar surface area (TPSA) is 84.9 Å². The molecule has 2 aromatic carbocycles. The molecule has 1 unspecified atom stereocenters. The molecule has 0 spiro atoms. The minimum absolute atomic E-state index is 0.000924. The molecule has 3 N–H and O–H groups in total. The van der Waals surface area contributed by atoms with Crippen LogP contribution in [0.4, 0.5) is 23.2 Å². The van der Waals surface area contributed by atoms with Crippen LogP contribution < -0.4 is 10.6 Å². The Morgan fingerprint density at radius 2 is 1.71 bits per heavy atom. The predicted molar refractivity (Wildman–Crippen MR) is 123 cm³/mol. The third kappa shape index (κ3) is 7.89. The molecule has 0 radical (unpaired) electrons. The summed E-state index contributed by atoms with van der Waals surface area (Å²) >= 11 is 5.59. The first-order valence-corrected chi connectivity index (χ1v) is 11.2. The third-order valence-corrected chi connectivity index (χ3v) is 5.80. The summed E-state index contributed by atoms with van der Waals surface area (Å²) in [6, 6.07) is 8.75. The first-order valence-electron chi connectivity index (χ1n) is 10.8. The van der Waals surface area contributed by atoms with Crippen LogP contribution in [0.5, 0.6) is 0 Å². The molecule has 2 amide bonds. The molecule has 0 bridgehead atoms. The van der Waals surface area contributed by atoms with E-state index in [2.05, 4.69) is 10.6 Å². The van der Waals surface area contributed by atoms with Gasteiger partial charge in [-0.15, -0.1) is 0 Å². The molecule has 190 valence electrons. The number of halogens is 5. The van der Waals surface area contributed by atoms with E-state index in [-0.39, 0.29) is 30.9 Å². The van der Waals surface area contributed by atoms with Gasteiger partial charge in [-0.25, -0.2) is 4.39 Å². The van der Waals surface area contributed by atoms with Gasteiger partial charge >= 0.3 is 6.18 Å². The van der Waals surface area contributed by atoms with Gasteiger partial charge in [-0.3, -0.25) is 19.4 Å². The number of β-amino-alcohol motifs (C(OH)–C–C–N with tert-alkyl or cyclic N) is 1. The van der Waals surface area contributed by atoms with E-state index in [1.165, 1.54) is 24.3 Å². The van der Waals surface area contributed by atoms with E-state index < -0.39 is 40.5 Å². The smallest absolute Gasteiger partial charge is 0.390 e. The number of hydrogen-bond acceptors (Lipinski definition) is 5. The molecule has 0 aliphatic carbocycles. The summed E-state index contributed by atoms with van der Waals surface area (Å²) in [7, 11) is 0. The minimum atomic E-state index is -4.63. The van der Waals surface area contributed by atoms with Crippen LogP contribution in [0.2, 0.25) is 5.02 Å². The molecule has 0 saturated carbocycles. The number of nitrogens with one attached hydrogen (secondary N) is 2. The van der Waals surface area contributed by atoms with Gasteiger partial charge in [0.15, 0.2) is 0 Å². The zero-order valence-corrected chi connectivity index (χ0v) is 19.4. The van der Waals surface area contributed by atoms with Gasteiger partial charge < -0.3 is 15.7 Å². The second-order valence-corrected chi connectivity index (χ2v) is 8.57. The summed E-state index contributed by atoms with van der Waals surface area (Å²) in [5.41, 5.74) is -1.11. The quantitative estimate of drug-likeness (QED) is 0.470. The number of carbonyl (C=O) groups is 2. The maximum atomic E-state index is 13.7. The summed E-state index contributed by atoms with van der Waals surface area (Å²) in [4.78, 5) is 28.1. The molecule has 12 heteroatoms. The molecular weight excluding hydrogens is 492 g/mol. The average Bonchev–Trinajstić information content (AvgIpc) is 2.79. The Bertz CT molecular complexity index is 1050. The van der Waals surface area contributed by atoms with E-state index in [9.17, 15) is 32.3 Å². The highest BCUT2D eigenvalue weighted by atomic mass is 35.5. The van der Waals surface area contributed by atoms with E-state index >= 15 is 0 Å². The third-order valence-electron chi connectivity index (χ3n) is 5.47. The molecule has 1 aliphatic rings. The number of alkyl halides is 3. The second-order valence-electron chi connectivity index (χ2n) is 8.16. The fourth-order valence-corrected chi connectivity index (χ4v) is 3.89. The van der Waals surface area contributed by atoms with Gasteiger partial charge in [0.05, 0.1) is 28.8 Å². The number of piperazine rings is 1. The van der Waals surface area contributed by atoms with Gasteiger partial charge in [0.2, 0.25) is 5.91 Å². The summed E-state index contributed by atoms with van der Waals surface area (Å²) in [6.07, 6.45) is -5.49. The zero-order valence-electron chi connectivity index (χ0n) is 18.6. The highest BCUT2D eigenvalue weighted by molar-refractivity contribution is 6.31. The van der Waals surface area contributed by atoms with Crippen LogP contribution >= 0.6 is 11.6 Å². The van der Waals surface area contributed by atoms with Crippen LogP contribution in [0.25, 0.3) is 0 Å². The van der Waals surface area contributed by atoms with Gasteiger partial charge in [0, 0.05) is 45.0 Å². The molecule has 35 heavy (non-hydrogen) atoms. The van der Waals surface area contributed by atoms with Crippen molar-refractivity contribution < 1.29 is 32.3 Å². The Labute approximate surface area is 204 Å². The Hall–Kier alpha value is -2.73. The maximum absolute atomic E-state index is 13.7. The lowest BCUT2D eigenvalue weighted by Crippen LogP contribution is -2.51. The number of hydrogen-bond donors (Lipinski definition) is 3. The molecule has 7 nitrogen and oxygen atoms in total. The van der Waals surface area contributed by atoms with Crippen LogP contribution in [0.1, 0.15) is 15.9 Å². The van der Waals surface area contributed by atoms with Crippen LogP contribution in [0.15, 0.2) is 42.5 Å². The molecule has 2 aromatic rings.